The van der Waals surface area contributed by atoms with E-state index in [0.29, 0.717) is 31.0 Å². The summed E-state index contributed by atoms with van der Waals surface area (Å²) in [6.07, 6.45) is 6.15. The first-order chi connectivity index (χ1) is 15.5. The number of carboxylic acid groups (broad SMARTS) is 1. The summed E-state index contributed by atoms with van der Waals surface area (Å²) in [5.74, 6) is -1.48. The van der Waals surface area contributed by atoms with Gasteiger partial charge in [-0.25, -0.2) is 9.18 Å². The van der Waals surface area contributed by atoms with Gasteiger partial charge in [0.2, 0.25) is 0 Å². The fourth-order valence-electron chi connectivity index (χ4n) is 5.29. The van der Waals surface area contributed by atoms with Crippen LogP contribution in [0, 0.1) is 18.7 Å². The third-order valence-electron chi connectivity index (χ3n) is 6.91. The first kappa shape index (κ1) is 22.3. The molecule has 32 heavy (non-hydrogen) atoms. The molecule has 4 rings (SSSR count). The monoisotopic (exact) mass is 438 g/mol. The number of Topliss-reactive ketones (excluding diaryl/α,β-unsaturated/α-hetero) is 1. The van der Waals surface area contributed by atoms with Gasteiger partial charge in [0.15, 0.2) is 5.78 Å². The molecule has 1 aliphatic carbocycles. The molecule has 5 nitrogen and oxygen atoms in total. The van der Waals surface area contributed by atoms with Gasteiger partial charge in [-0.15, -0.1) is 0 Å². The van der Waals surface area contributed by atoms with Crippen LogP contribution in [0.5, 0.6) is 0 Å². The number of piperidine rings is 1. The van der Waals surface area contributed by atoms with Crippen LogP contribution in [0.15, 0.2) is 42.5 Å². The summed E-state index contributed by atoms with van der Waals surface area (Å²) in [6.45, 7) is 2.08. The molecular weight excluding hydrogens is 407 g/mol. The van der Waals surface area contributed by atoms with Crippen molar-refractivity contribution in [1.29, 1.82) is 0 Å². The van der Waals surface area contributed by atoms with Crippen molar-refractivity contribution < 1.29 is 19.1 Å². The lowest BCUT2D eigenvalue weighted by Crippen LogP contribution is -2.44. The second kappa shape index (κ2) is 9.72. The number of aryl methyl sites for hydroxylation is 1. The molecule has 2 aromatic rings. The maximum absolute atomic E-state index is 14.6. The standard InChI is InChI=1S/C26H31FN2O3/c1-17-7-5-11-22(27)23(17)25(30)21-10-6-16-29(26(31)32)24(21)18-12-14-20(15-13-18)28-19-8-3-2-4-9-19/h5,7,11-15,19,21,24,28H,2-4,6,8-10,16H2,1H3,(H,31,32)/t21-,24-/m0/s1. The maximum atomic E-state index is 14.6. The van der Waals surface area contributed by atoms with Crippen molar-refractivity contribution in [1.82, 2.24) is 4.90 Å². The molecule has 0 spiro atoms. The molecule has 1 heterocycles. The van der Waals surface area contributed by atoms with E-state index in [4.69, 9.17) is 0 Å². The Balaban J connectivity index is 1.62. The first-order valence-electron chi connectivity index (χ1n) is 11.6. The molecule has 0 bridgehead atoms. The Kier molecular flexibility index (Phi) is 6.77. The number of hydrogen-bond acceptors (Lipinski definition) is 3. The Labute approximate surface area is 188 Å². The third kappa shape index (κ3) is 4.64. The van der Waals surface area contributed by atoms with Crippen LogP contribution < -0.4 is 5.32 Å². The molecule has 1 amide bonds. The summed E-state index contributed by atoms with van der Waals surface area (Å²) in [4.78, 5) is 26.8. The van der Waals surface area contributed by atoms with Gasteiger partial charge in [0.25, 0.3) is 0 Å². The zero-order chi connectivity index (χ0) is 22.7. The minimum atomic E-state index is -1.05. The highest BCUT2D eigenvalue weighted by atomic mass is 19.1. The predicted octanol–water partition coefficient (Wildman–Crippen LogP) is 6.19. The molecule has 2 aromatic carbocycles. The van der Waals surface area contributed by atoms with E-state index in [1.54, 1.807) is 19.1 Å². The van der Waals surface area contributed by atoms with E-state index in [-0.39, 0.29) is 11.3 Å². The van der Waals surface area contributed by atoms with Crippen molar-refractivity contribution >= 4 is 17.6 Å². The van der Waals surface area contributed by atoms with E-state index in [1.165, 1.54) is 30.2 Å². The molecule has 0 aromatic heterocycles. The van der Waals surface area contributed by atoms with E-state index in [0.717, 1.165) is 24.1 Å². The van der Waals surface area contributed by atoms with Crippen LogP contribution in [-0.4, -0.2) is 34.5 Å². The molecule has 1 saturated carbocycles. The van der Waals surface area contributed by atoms with Gasteiger partial charge in [-0.3, -0.25) is 4.79 Å². The van der Waals surface area contributed by atoms with Crippen molar-refractivity contribution in [2.45, 2.75) is 64.0 Å². The first-order valence-corrected chi connectivity index (χ1v) is 11.6. The topological polar surface area (TPSA) is 69.6 Å². The number of hydrogen-bond donors (Lipinski definition) is 2. The Morgan fingerprint density at radius 2 is 1.72 bits per heavy atom. The van der Waals surface area contributed by atoms with E-state index >= 15 is 0 Å². The highest BCUT2D eigenvalue weighted by molar-refractivity contribution is 6.00. The molecule has 2 N–H and O–H groups in total. The summed E-state index contributed by atoms with van der Waals surface area (Å²) in [6, 6.07) is 12.2. The van der Waals surface area contributed by atoms with Crippen LogP contribution in [-0.2, 0) is 0 Å². The summed E-state index contributed by atoms with van der Waals surface area (Å²) >= 11 is 0. The molecule has 0 unspecified atom stereocenters. The zero-order valence-electron chi connectivity index (χ0n) is 18.5. The van der Waals surface area contributed by atoms with Gasteiger partial charge in [-0.05, 0) is 61.9 Å². The fraction of sp³-hybridized carbons (Fsp3) is 0.462. The highest BCUT2D eigenvalue weighted by Crippen LogP contribution is 2.39. The largest absolute Gasteiger partial charge is 0.465 e. The molecular formula is C26H31FN2O3. The van der Waals surface area contributed by atoms with Crippen LogP contribution in [0.1, 0.15) is 72.5 Å². The Hall–Kier alpha value is -2.89. The number of carbonyl (C=O) groups excluding carboxylic acids is 1. The van der Waals surface area contributed by atoms with Crippen LogP contribution in [0.25, 0.3) is 0 Å². The summed E-state index contributed by atoms with van der Waals surface area (Å²) in [7, 11) is 0. The minimum absolute atomic E-state index is 0.0744. The van der Waals surface area contributed by atoms with Crippen LogP contribution in [0.2, 0.25) is 0 Å². The molecule has 2 fully saturated rings. The van der Waals surface area contributed by atoms with E-state index in [2.05, 4.69) is 5.32 Å². The van der Waals surface area contributed by atoms with Gasteiger partial charge in [0, 0.05) is 24.2 Å². The number of likely N-dealkylation sites (tertiary alicyclic amines) is 1. The fourth-order valence-corrected chi connectivity index (χ4v) is 5.29. The third-order valence-corrected chi connectivity index (χ3v) is 6.91. The van der Waals surface area contributed by atoms with E-state index < -0.39 is 23.9 Å². The van der Waals surface area contributed by atoms with Crippen LogP contribution in [0.3, 0.4) is 0 Å². The molecule has 170 valence electrons. The average molecular weight is 439 g/mol. The van der Waals surface area contributed by atoms with Crippen molar-refractivity contribution in [3.8, 4) is 0 Å². The molecule has 1 aliphatic heterocycles. The molecule has 6 heteroatoms. The normalized spacial score (nSPS) is 21.9. The number of amides is 1. The van der Waals surface area contributed by atoms with Gasteiger partial charge in [-0.2, -0.15) is 0 Å². The van der Waals surface area contributed by atoms with Crippen molar-refractivity contribution in [3.63, 3.8) is 0 Å². The maximum Gasteiger partial charge on any atom is 0.407 e. The second-order valence-electron chi connectivity index (χ2n) is 9.07. The quantitative estimate of drug-likeness (QED) is 0.546. The number of ketones is 1. The average Bonchev–Trinajstić information content (AvgIpc) is 2.79. The lowest BCUT2D eigenvalue weighted by Gasteiger charge is -2.39. The predicted molar refractivity (Wildman–Crippen MR) is 123 cm³/mol. The second-order valence-corrected chi connectivity index (χ2v) is 9.07. The number of halogens is 1. The summed E-state index contributed by atoms with van der Waals surface area (Å²) in [5.41, 5.74) is 2.43. The molecule has 2 aliphatic rings. The van der Waals surface area contributed by atoms with E-state index in [1.807, 2.05) is 24.3 Å². The van der Waals surface area contributed by atoms with Gasteiger partial charge in [0.1, 0.15) is 5.82 Å². The van der Waals surface area contributed by atoms with Crippen LogP contribution in [0.4, 0.5) is 14.9 Å². The Morgan fingerprint density at radius 3 is 2.38 bits per heavy atom. The number of nitrogens with one attached hydrogen (secondary N) is 1. The molecule has 1 saturated heterocycles. The number of anilines is 1. The highest BCUT2D eigenvalue weighted by Gasteiger charge is 2.40. The minimum Gasteiger partial charge on any atom is -0.465 e. The number of rotatable bonds is 5. The summed E-state index contributed by atoms with van der Waals surface area (Å²) in [5, 5.41) is 13.4. The Bertz CT molecular complexity index is 949. The van der Waals surface area contributed by atoms with Gasteiger partial charge < -0.3 is 15.3 Å². The lowest BCUT2D eigenvalue weighted by atomic mass is 9.79. The zero-order valence-corrected chi connectivity index (χ0v) is 18.5. The SMILES string of the molecule is Cc1cccc(F)c1C(=O)[C@H]1CCCN(C(=O)O)[C@H]1c1ccc(NC2CCCCC2)cc1. The summed E-state index contributed by atoms with van der Waals surface area (Å²) < 4.78 is 14.6. The van der Waals surface area contributed by atoms with Crippen molar-refractivity contribution in [2.24, 2.45) is 5.92 Å². The number of benzene rings is 2. The van der Waals surface area contributed by atoms with Crippen molar-refractivity contribution in [3.05, 3.63) is 65.0 Å². The van der Waals surface area contributed by atoms with Gasteiger partial charge in [0.05, 0.1) is 11.6 Å². The van der Waals surface area contributed by atoms with Crippen LogP contribution >= 0.6 is 0 Å². The van der Waals surface area contributed by atoms with Gasteiger partial charge in [-0.1, -0.05) is 43.5 Å². The molecule has 2 atom stereocenters. The molecule has 0 radical (unpaired) electrons. The van der Waals surface area contributed by atoms with E-state index in [9.17, 15) is 19.1 Å². The number of carbonyl (C=O) groups is 2. The number of nitrogens with zero attached hydrogens (tertiary/aromatic N) is 1. The van der Waals surface area contributed by atoms with Crippen molar-refractivity contribution in [2.75, 3.05) is 11.9 Å². The Morgan fingerprint density at radius 1 is 1.00 bits per heavy atom. The lowest BCUT2D eigenvalue weighted by molar-refractivity contribution is 0.0605. The van der Waals surface area contributed by atoms with Gasteiger partial charge >= 0.3 is 6.09 Å². The smallest absolute Gasteiger partial charge is 0.407 e.